The molecule has 14 aromatic rings. The lowest BCUT2D eigenvalue weighted by atomic mass is 9.93. The van der Waals surface area contributed by atoms with E-state index >= 15 is 0 Å². The van der Waals surface area contributed by atoms with Crippen LogP contribution in [0.25, 0.3) is 127 Å². The minimum absolute atomic E-state index is 0.621. The van der Waals surface area contributed by atoms with Crippen LogP contribution in [0.15, 0.2) is 217 Å². The van der Waals surface area contributed by atoms with Crippen molar-refractivity contribution in [3.63, 3.8) is 0 Å². The summed E-state index contributed by atoms with van der Waals surface area (Å²) in [5.41, 5.74) is 12.7. The molecular weight excluding hydrogens is 843 g/mol. The van der Waals surface area contributed by atoms with Crippen LogP contribution in [0.2, 0.25) is 0 Å². The van der Waals surface area contributed by atoms with E-state index in [1.165, 1.54) is 65.5 Å². The number of allylic oxidation sites excluding steroid dienone is 1. The molecule has 322 valence electrons. The summed E-state index contributed by atoms with van der Waals surface area (Å²) in [6, 6.07) is 73.8. The third-order valence-corrected chi connectivity index (χ3v) is 14.3. The van der Waals surface area contributed by atoms with Gasteiger partial charge in [0.1, 0.15) is 11.2 Å². The molecule has 0 saturated carbocycles. The number of hydrogen-bond donors (Lipinski definition) is 0. The van der Waals surface area contributed by atoms with E-state index in [9.17, 15) is 0 Å². The number of rotatable bonds is 5. The molecule has 0 spiro atoms. The first-order valence-electron chi connectivity index (χ1n) is 23.6. The van der Waals surface area contributed by atoms with Crippen LogP contribution in [0.5, 0.6) is 0 Å². The van der Waals surface area contributed by atoms with Gasteiger partial charge in [-0.2, -0.15) is 0 Å². The van der Waals surface area contributed by atoms with Crippen molar-refractivity contribution in [2.75, 3.05) is 0 Å². The molecule has 6 heteroatoms. The number of furan rings is 1. The van der Waals surface area contributed by atoms with Crippen molar-refractivity contribution in [2.45, 2.75) is 12.8 Å². The Morgan fingerprint density at radius 3 is 1.72 bits per heavy atom. The molecule has 6 nitrogen and oxygen atoms in total. The van der Waals surface area contributed by atoms with E-state index in [1.54, 1.807) is 0 Å². The fourth-order valence-electron chi connectivity index (χ4n) is 11.2. The molecule has 0 atom stereocenters. The number of benzene rings is 10. The molecule has 4 heterocycles. The van der Waals surface area contributed by atoms with E-state index in [2.05, 4.69) is 203 Å². The highest BCUT2D eigenvalue weighted by Crippen LogP contribution is 2.43. The highest BCUT2D eigenvalue weighted by molar-refractivity contribution is 6.21. The van der Waals surface area contributed by atoms with Crippen molar-refractivity contribution in [3.05, 3.63) is 229 Å². The monoisotopic (exact) mass is 881 g/mol. The van der Waals surface area contributed by atoms with Gasteiger partial charge in [0, 0.05) is 66.3 Å². The van der Waals surface area contributed by atoms with Gasteiger partial charge < -0.3 is 13.6 Å². The van der Waals surface area contributed by atoms with Gasteiger partial charge >= 0.3 is 0 Å². The number of nitrogens with zero attached hydrogens (tertiary/aromatic N) is 5. The van der Waals surface area contributed by atoms with Gasteiger partial charge in [0.15, 0.2) is 17.5 Å². The molecule has 0 N–H and O–H groups in total. The molecule has 0 aliphatic heterocycles. The van der Waals surface area contributed by atoms with Gasteiger partial charge in [-0.25, -0.2) is 15.0 Å². The maximum absolute atomic E-state index is 6.69. The molecule has 0 unspecified atom stereocenters. The Labute approximate surface area is 395 Å². The summed E-state index contributed by atoms with van der Waals surface area (Å²) < 4.78 is 11.5. The first-order valence-corrected chi connectivity index (χ1v) is 23.6. The van der Waals surface area contributed by atoms with Crippen LogP contribution in [0.3, 0.4) is 0 Å². The summed E-state index contributed by atoms with van der Waals surface area (Å²) in [5, 5.41) is 12.8. The largest absolute Gasteiger partial charge is 0.456 e. The van der Waals surface area contributed by atoms with Gasteiger partial charge in [-0.1, -0.05) is 140 Å². The molecule has 4 aromatic heterocycles. The van der Waals surface area contributed by atoms with Crippen LogP contribution in [0.4, 0.5) is 0 Å². The minimum atomic E-state index is 0.621. The third-order valence-electron chi connectivity index (χ3n) is 14.3. The second-order valence-electron chi connectivity index (χ2n) is 18.3. The zero-order chi connectivity index (χ0) is 45.2. The Morgan fingerprint density at radius 2 is 0.986 bits per heavy atom. The number of hydrogen-bond acceptors (Lipinski definition) is 4. The fourth-order valence-corrected chi connectivity index (χ4v) is 11.2. The summed E-state index contributed by atoms with van der Waals surface area (Å²) >= 11 is 0. The Bertz CT molecular complexity index is 4390. The van der Waals surface area contributed by atoms with Crippen molar-refractivity contribution in [1.29, 1.82) is 0 Å². The average Bonchev–Trinajstić information content (AvgIpc) is 4.07. The highest BCUT2D eigenvalue weighted by Gasteiger charge is 2.27. The van der Waals surface area contributed by atoms with Gasteiger partial charge in [-0.05, 0) is 118 Å². The van der Waals surface area contributed by atoms with Gasteiger partial charge in [0.05, 0.1) is 16.6 Å². The average molecular weight is 882 g/mol. The van der Waals surface area contributed by atoms with E-state index in [0.29, 0.717) is 17.5 Å². The van der Waals surface area contributed by atoms with Crippen molar-refractivity contribution in [1.82, 2.24) is 24.1 Å². The lowest BCUT2D eigenvalue weighted by Gasteiger charge is -2.18. The Kier molecular flexibility index (Phi) is 8.09. The molecule has 10 aromatic carbocycles. The maximum atomic E-state index is 6.69. The predicted molar refractivity (Wildman–Crippen MR) is 284 cm³/mol. The zero-order valence-corrected chi connectivity index (χ0v) is 37.3. The third kappa shape index (κ3) is 5.82. The Morgan fingerprint density at radius 1 is 0.377 bits per heavy atom. The second kappa shape index (κ2) is 14.7. The van der Waals surface area contributed by atoms with Crippen molar-refractivity contribution in [2.24, 2.45) is 0 Å². The molecule has 0 amide bonds. The molecular formula is C63H39N5O. The standard InChI is InChI=1S/C63H39N5O/c1-3-14-39(15-4-1)61-64-62(66-63(65-61)48-23-13-25-54-59(48)47-22-11-12-24-53(47)67(54)45-20-5-2-6-21-45)44-27-26-38-28-30-58-60(49(38)34-44)52-37-46(29-31-57(52)69-58)68-55-35-42-18-9-7-16-40(42)32-50(55)51-33-41-17-8-10-19-43(41)36-56(51)68/h1-12,14-24,26-37H,13,25H2. The van der Waals surface area contributed by atoms with E-state index in [1.807, 2.05) is 18.2 Å². The van der Waals surface area contributed by atoms with Crippen LogP contribution in [0.1, 0.15) is 23.5 Å². The molecule has 15 rings (SSSR count). The fraction of sp³-hybridized carbons (Fsp3) is 0.0317. The quantitative estimate of drug-likeness (QED) is 0.173. The molecule has 0 fully saturated rings. The van der Waals surface area contributed by atoms with Gasteiger partial charge in [0.25, 0.3) is 0 Å². The molecule has 0 radical (unpaired) electrons. The van der Waals surface area contributed by atoms with E-state index in [4.69, 9.17) is 19.4 Å². The van der Waals surface area contributed by atoms with Gasteiger partial charge in [-0.15, -0.1) is 0 Å². The van der Waals surface area contributed by atoms with E-state index in [0.717, 1.165) is 73.6 Å². The zero-order valence-electron chi connectivity index (χ0n) is 37.3. The van der Waals surface area contributed by atoms with Crippen LogP contribution < -0.4 is 0 Å². The van der Waals surface area contributed by atoms with E-state index in [-0.39, 0.29) is 0 Å². The van der Waals surface area contributed by atoms with Crippen molar-refractivity contribution in [3.8, 4) is 34.2 Å². The predicted octanol–water partition coefficient (Wildman–Crippen LogP) is 16.0. The molecule has 1 aliphatic rings. The van der Waals surface area contributed by atoms with Crippen LogP contribution >= 0.6 is 0 Å². The van der Waals surface area contributed by atoms with Crippen LogP contribution in [-0.2, 0) is 6.42 Å². The summed E-state index contributed by atoms with van der Waals surface area (Å²) in [7, 11) is 0. The summed E-state index contributed by atoms with van der Waals surface area (Å²) in [6.07, 6.45) is 4.11. The topological polar surface area (TPSA) is 61.7 Å². The normalized spacial score (nSPS) is 12.9. The van der Waals surface area contributed by atoms with Crippen LogP contribution in [-0.4, -0.2) is 24.1 Å². The SMILES string of the molecule is C1=C(c2nc(-c3ccccc3)nc(-c3ccc4ccc5oc6ccc(-n7c8cc9ccccc9cc8c8cc9ccccc9cc87)cc6c5c4c3)n2)c2c(n(-c3ccccc3)c3ccccc23)CC1. The lowest BCUT2D eigenvalue weighted by Crippen LogP contribution is -2.09. The highest BCUT2D eigenvalue weighted by atomic mass is 16.3. The Balaban J connectivity index is 0.935. The maximum Gasteiger partial charge on any atom is 0.164 e. The second-order valence-corrected chi connectivity index (χ2v) is 18.3. The minimum Gasteiger partial charge on any atom is -0.456 e. The van der Waals surface area contributed by atoms with Gasteiger partial charge in [0.2, 0.25) is 0 Å². The van der Waals surface area contributed by atoms with Gasteiger partial charge in [-0.3, -0.25) is 0 Å². The number of fused-ring (bicyclic) bond motifs is 13. The molecule has 1 aliphatic carbocycles. The van der Waals surface area contributed by atoms with E-state index < -0.39 is 0 Å². The number of aromatic nitrogens is 5. The molecule has 0 bridgehead atoms. The first kappa shape index (κ1) is 38.0. The number of para-hydroxylation sites is 2. The Hall–Kier alpha value is -9.13. The van der Waals surface area contributed by atoms with Crippen molar-refractivity contribution >= 4 is 92.5 Å². The summed E-state index contributed by atoms with van der Waals surface area (Å²) in [6.45, 7) is 0. The first-order chi connectivity index (χ1) is 34.2. The lowest BCUT2D eigenvalue weighted by molar-refractivity contribution is 0.669. The van der Waals surface area contributed by atoms with Crippen LogP contribution in [0, 0.1) is 0 Å². The molecule has 0 saturated heterocycles. The van der Waals surface area contributed by atoms with Crippen molar-refractivity contribution < 1.29 is 4.42 Å². The summed E-state index contributed by atoms with van der Waals surface area (Å²) in [4.78, 5) is 15.9. The summed E-state index contributed by atoms with van der Waals surface area (Å²) in [5.74, 6) is 1.92. The molecule has 69 heavy (non-hydrogen) atoms. The smallest absolute Gasteiger partial charge is 0.164 e.